The van der Waals surface area contributed by atoms with Gasteiger partial charge < -0.3 is 4.98 Å². The summed E-state index contributed by atoms with van der Waals surface area (Å²) in [6.07, 6.45) is 9.08. The molecule has 0 aliphatic rings. The van der Waals surface area contributed by atoms with Gasteiger partial charge in [0, 0.05) is 17.1 Å². The van der Waals surface area contributed by atoms with E-state index >= 15 is 0 Å². The number of H-pyrrole nitrogens is 1. The summed E-state index contributed by atoms with van der Waals surface area (Å²) >= 11 is 0. The zero-order valence-corrected chi connectivity index (χ0v) is 17.3. The molecule has 0 saturated heterocycles. The fourth-order valence-corrected chi connectivity index (χ4v) is 4.76. The Labute approximate surface area is 167 Å². The minimum absolute atomic E-state index is 0.0785. The lowest BCUT2D eigenvalue weighted by atomic mass is 10.1. The van der Waals surface area contributed by atoms with Crippen LogP contribution in [0.15, 0.2) is 89.0 Å². The molecule has 1 aromatic heterocycles. The van der Waals surface area contributed by atoms with Crippen LogP contribution >= 0.6 is 0 Å². The van der Waals surface area contributed by atoms with E-state index in [1.165, 1.54) is 22.0 Å². The second-order valence-electron chi connectivity index (χ2n) is 7.28. The monoisotopic (exact) mass is 393 g/mol. The Kier molecular flexibility index (Phi) is 6.53. The van der Waals surface area contributed by atoms with Crippen LogP contribution in [-0.4, -0.2) is 19.2 Å². The molecular weight excluding hydrogens is 366 g/mol. The van der Waals surface area contributed by atoms with E-state index in [-0.39, 0.29) is 5.75 Å². The predicted molar refractivity (Wildman–Crippen MR) is 117 cm³/mol. The van der Waals surface area contributed by atoms with Crippen LogP contribution < -0.4 is 0 Å². The first-order valence-electron chi connectivity index (χ1n) is 9.60. The number of benzene rings is 2. The highest BCUT2D eigenvalue weighted by Crippen LogP contribution is 2.20. The molecule has 0 spiro atoms. The predicted octanol–water partition coefficient (Wildman–Crippen LogP) is 5.86. The smallest absolute Gasteiger partial charge is 0.182 e. The summed E-state index contributed by atoms with van der Waals surface area (Å²) < 4.78 is 24.9. The van der Waals surface area contributed by atoms with Gasteiger partial charge in [0.1, 0.15) is 0 Å². The fourth-order valence-electron chi connectivity index (χ4n) is 3.30. The second-order valence-corrected chi connectivity index (χ2v) is 9.26. The Morgan fingerprint density at radius 2 is 1.64 bits per heavy atom. The molecule has 28 heavy (non-hydrogen) atoms. The average molecular weight is 394 g/mol. The standard InChI is InChI=1S/C24H27NO2S/c1-19(15-16-21-17-25-24-14-7-6-13-23(21)24)9-8-10-20(2)18-28(26,27)22-11-4-3-5-12-22/h3-7,10-15,17,25H,8-9,16,18H2,1-2H3/b19-15+,20-10+. The minimum Gasteiger partial charge on any atom is -0.361 e. The number of sulfone groups is 1. The van der Waals surface area contributed by atoms with Crippen LogP contribution in [0.4, 0.5) is 0 Å². The molecule has 2 aromatic carbocycles. The van der Waals surface area contributed by atoms with Crippen molar-refractivity contribution >= 4 is 20.7 Å². The molecule has 1 heterocycles. The van der Waals surface area contributed by atoms with Crippen molar-refractivity contribution in [3.63, 3.8) is 0 Å². The Morgan fingerprint density at radius 3 is 2.43 bits per heavy atom. The molecule has 146 valence electrons. The van der Waals surface area contributed by atoms with Crippen molar-refractivity contribution in [3.8, 4) is 0 Å². The molecule has 4 heteroatoms. The largest absolute Gasteiger partial charge is 0.361 e. The molecule has 0 atom stereocenters. The number of hydrogen-bond acceptors (Lipinski definition) is 2. The fraction of sp³-hybridized carbons (Fsp3) is 0.250. The third-order valence-electron chi connectivity index (χ3n) is 4.90. The van der Waals surface area contributed by atoms with E-state index in [2.05, 4.69) is 42.4 Å². The van der Waals surface area contributed by atoms with Crippen molar-refractivity contribution in [3.05, 3.63) is 89.7 Å². The van der Waals surface area contributed by atoms with Crippen LogP contribution in [0.1, 0.15) is 32.3 Å². The van der Waals surface area contributed by atoms with Crippen LogP contribution in [-0.2, 0) is 16.3 Å². The normalized spacial score (nSPS) is 13.2. The minimum atomic E-state index is -3.26. The van der Waals surface area contributed by atoms with Crippen LogP contribution in [0, 0.1) is 0 Å². The second kappa shape index (κ2) is 9.07. The summed E-state index contributed by atoms with van der Waals surface area (Å²) in [4.78, 5) is 3.70. The number of aromatic amines is 1. The van der Waals surface area contributed by atoms with Crippen LogP contribution in [0.5, 0.6) is 0 Å². The van der Waals surface area contributed by atoms with Gasteiger partial charge in [-0.05, 0) is 56.9 Å². The van der Waals surface area contributed by atoms with Gasteiger partial charge in [0.2, 0.25) is 0 Å². The maximum atomic E-state index is 12.4. The molecule has 1 N–H and O–H groups in total. The lowest BCUT2D eigenvalue weighted by molar-refractivity contribution is 0.598. The molecule has 0 bridgehead atoms. The number of aromatic nitrogens is 1. The van der Waals surface area contributed by atoms with Crippen molar-refractivity contribution in [1.82, 2.24) is 4.98 Å². The first-order valence-corrected chi connectivity index (χ1v) is 11.2. The van der Waals surface area contributed by atoms with Gasteiger partial charge in [0.25, 0.3) is 0 Å². The summed E-state index contributed by atoms with van der Waals surface area (Å²) in [5.74, 6) is 0.0785. The van der Waals surface area contributed by atoms with Crippen molar-refractivity contribution < 1.29 is 8.42 Å². The number of nitrogens with one attached hydrogen (secondary N) is 1. The number of rotatable bonds is 8. The number of allylic oxidation sites excluding steroid dienone is 3. The molecule has 0 amide bonds. The average Bonchev–Trinajstić information content (AvgIpc) is 3.10. The molecule has 3 aromatic rings. The van der Waals surface area contributed by atoms with Gasteiger partial charge in [0.05, 0.1) is 10.6 Å². The number of para-hydroxylation sites is 1. The molecule has 0 radical (unpaired) electrons. The highest BCUT2D eigenvalue weighted by molar-refractivity contribution is 7.91. The first kappa shape index (κ1) is 20.2. The quantitative estimate of drug-likeness (QED) is 0.488. The molecule has 0 fully saturated rings. The third-order valence-corrected chi connectivity index (χ3v) is 6.72. The Morgan fingerprint density at radius 1 is 0.929 bits per heavy atom. The molecule has 0 aliphatic heterocycles. The molecule has 0 unspecified atom stereocenters. The maximum absolute atomic E-state index is 12.4. The van der Waals surface area contributed by atoms with Gasteiger partial charge in [0.15, 0.2) is 9.84 Å². The SMILES string of the molecule is C/C(=C\Cc1c[nH]c2ccccc12)CC/C=C(\C)CS(=O)(=O)c1ccccc1. The zero-order chi connectivity index (χ0) is 20.0. The van der Waals surface area contributed by atoms with E-state index in [4.69, 9.17) is 0 Å². The summed E-state index contributed by atoms with van der Waals surface area (Å²) in [5.41, 5.74) is 4.69. The summed E-state index contributed by atoms with van der Waals surface area (Å²) in [6.45, 7) is 4.03. The highest BCUT2D eigenvalue weighted by Gasteiger charge is 2.14. The van der Waals surface area contributed by atoms with Crippen LogP contribution in [0.3, 0.4) is 0 Å². The molecule has 0 aliphatic carbocycles. The lowest BCUT2D eigenvalue weighted by Crippen LogP contribution is -2.07. The van der Waals surface area contributed by atoms with E-state index in [0.717, 1.165) is 24.8 Å². The first-order chi connectivity index (χ1) is 13.5. The van der Waals surface area contributed by atoms with E-state index in [1.807, 2.05) is 25.1 Å². The van der Waals surface area contributed by atoms with Gasteiger partial charge >= 0.3 is 0 Å². The molecular formula is C24H27NO2S. The Balaban J connectivity index is 1.54. The van der Waals surface area contributed by atoms with E-state index < -0.39 is 9.84 Å². The zero-order valence-electron chi connectivity index (χ0n) is 16.5. The third kappa shape index (κ3) is 5.23. The summed E-state index contributed by atoms with van der Waals surface area (Å²) in [5, 5.41) is 1.27. The van der Waals surface area contributed by atoms with E-state index in [1.54, 1.807) is 24.3 Å². The Hall–Kier alpha value is -2.59. The van der Waals surface area contributed by atoms with Gasteiger partial charge in [-0.2, -0.15) is 0 Å². The number of hydrogen-bond donors (Lipinski definition) is 1. The van der Waals surface area contributed by atoms with Gasteiger partial charge in [-0.25, -0.2) is 8.42 Å². The maximum Gasteiger partial charge on any atom is 0.182 e. The molecule has 3 nitrogen and oxygen atoms in total. The van der Waals surface area contributed by atoms with Gasteiger partial charge in [-0.3, -0.25) is 0 Å². The van der Waals surface area contributed by atoms with Crippen LogP contribution in [0.25, 0.3) is 10.9 Å². The topological polar surface area (TPSA) is 49.9 Å². The number of fused-ring (bicyclic) bond motifs is 1. The van der Waals surface area contributed by atoms with Crippen molar-refractivity contribution in [2.75, 3.05) is 5.75 Å². The van der Waals surface area contributed by atoms with E-state index in [9.17, 15) is 8.42 Å². The summed E-state index contributed by atoms with van der Waals surface area (Å²) in [6, 6.07) is 17.0. The summed E-state index contributed by atoms with van der Waals surface area (Å²) in [7, 11) is -3.26. The Bertz CT molecular complexity index is 1090. The van der Waals surface area contributed by atoms with Crippen LogP contribution in [0.2, 0.25) is 0 Å². The van der Waals surface area contributed by atoms with Crippen molar-refractivity contribution in [2.45, 2.75) is 38.0 Å². The molecule has 3 rings (SSSR count). The van der Waals surface area contributed by atoms with Crippen molar-refractivity contribution in [2.24, 2.45) is 0 Å². The molecule has 0 saturated carbocycles. The highest BCUT2D eigenvalue weighted by atomic mass is 32.2. The lowest BCUT2D eigenvalue weighted by Gasteiger charge is -2.05. The van der Waals surface area contributed by atoms with Crippen molar-refractivity contribution in [1.29, 1.82) is 0 Å². The van der Waals surface area contributed by atoms with Gasteiger partial charge in [-0.1, -0.05) is 59.7 Å². The van der Waals surface area contributed by atoms with Gasteiger partial charge in [-0.15, -0.1) is 0 Å². The van der Waals surface area contributed by atoms with E-state index in [0.29, 0.717) is 4.90 Å².